The molecule has 0 unspecified atom stereocenters. The normalized spacial score (nSPS) is 10.0. The molecule has 110 valence electrons. The van der Waals surface area contributed by atoms with Crippen LogP contribution in [-0.2, 0) is 4.74 Å². The molecule has 2 rings (SSSR count). The molecule has 0 bridgehead atoms. The summed E-state index contributed by atoms with van der Waals surface area (Å²) in [5, 5.41) is 2.77. The lowest BCUT2D eigenvalue weighted by molar-refractivity contribution is 0.0606. The minimum atomic E-state index is -0.452. The molecule has 0 aliphatic rings. The summed E-state index contributed by atoms with van der Waals surface area (Å²) in [5.41, 5.74) is 1.62. The molecule has 0 radical (unpaired) electrons. The molecule has 1 heterocycles. The number of anilines is 1. The number of carbonyl (C=O) groups excluding carboxylic acids is 2. The first kappa shape index (κ1) is 15.1. The van der Waals surface area contributed by atoms with Crippen LogP contribution in [0.5, 0.6) is 5.75 Å². The first-order valence-corrected chi connectivity index (χ1v) is 7.01. The molecular formula is C15H15NO4S. The Morgan fingerprint density at radius 1 is 1.10 bits per heavy atom. The minimum Gasteiger partial charge on any atom is -0.495 e. The van der Waals surface area contributed by atoms with Crippen molar-refractivity contribution in [1.82, 2.24) is 0 Å². The molecule has 0 atom stereocenters. The molecule has 0 fully saturated rings. The van der Waals surface area contributed by atoms with Crippen LogP contribution in [-0.4, -0.2) is 26.1 Å². The van der Waals surface area contributed by atoms with Crippen molar-refractivity contribution in [3.8, 4) is 5.75 Å². The van der Waals surface area contributed by atoms with Crippen molar-refractivity contribution in [1.29, 1.82) is 0 Å². The van der Waals surface area contributed by atoms with Crippen molar-refractivity contribution in [2.45, 2.75) is 6.92 Å². The maximum atomic E-state index is 12.2. The smallest absolute Gasteiger partial charge is 0.348 e. The molecule has 2 aromatic rings. The topological polar surface area (TPSA) is 64.6 Å². The number of aryl methyl sites for hydroxylation is 1. The quantitative estimate of drug-likeness (QED) is 0.882. The number of hydrogen-bond donors (Lipinski definition) is 1. The van der Waals surface area contributed by atoms with E-state index in [-0.39, 0.29) is 5.91 Å². The zero-order valence-corrected chi connectivity index (χ0v) is 12.7. The van der Waals surface area contributed by atoms with Gasteiger partial charge in [-0.25, -0.2) is 4.79 Å². The summed E-state index contributed by atoms with van der Waals surface area (Å²) in [4.78, 5) is 24.4. The van der Waals surface area contributed by atoms with Crippen LogP contribution in [0.25, 0.3) is 0 Å². The lowest BCUT2D eigenvalue weighted by Gasteiger charge is -2.10. The summed E-state index contributed by atoms with van der Waals surface area (Å²) in [5.74, 6) is -0.155. The standard InChI is InChI=1S/C15H15NO4S/c1-9-4-5-10(11(8-9)19-2)16-14(17)12-6-7-13(21-12)15(18)20-3/h4-8H,1-3H3,(H,16,17). The average molecular weight is 305 g/mol. The fourth-order valence-electron chi connectivity index (χ4n) is 1.76. The van der Waals surface area contributed by atoms with E-state index in [0.717, 1.165) is 16.9 Å². The summed E-state index contributed by atoms with van der Waals surface area (Å²) < 4.78 is 9.86. The number of benzene rings is 1. The van der Waals surface area contributed by atoms with Crippen LogP contribution in [0.15, 0.2) is 30.3 Å². The molecule has 1 aromatic carbocycles. The van der Waals surface area contributed by atoms with Gasteiger partial charge >= 0.3 is 5.97 Å². The number of amides is 1. The second-order valence-electron chi connectivity index (χ2n) is 4.31. The van der Waals surface area contributed by atoms with Crippen molar-refractivity contribution in [2.24, 2.45) is 0 Å². The zero-order valence-electron chi connectivity index (χ0n) is 11.9. The predicted molar refractivity (Wildman–Crippen MR) is 81.3 cm³/mol. The summed E-state index contributed by atoms with van der Waals surface area (Å²) in [6.45, 7) is 1.94. The Morgan fingerprint density at radius 2 is 1.81 bits per heavy atom. The van der Waals surface area contributed by atoms with Crippen molar-refractivity contribution < 1.29 is 19.1 Å². The highest BCUT2D eigenvalue weighted by atomic mass is 32.1. The van der Waals surface area contributed by atoms with Gasteiger partial charge in [-0.2, -0.15) is 0 Å². The number of ether oxygens (including phenoxy) is 2. The van der Waals surface area contributed by atoms with E-state index >= 15 is 0 Å². The zero-order chi connectivity index (χ0) is 15.4. The van der Waals surface area contributed by atoms with Gasteiger partial charge in [-0.05, 0) is 36.8 Å². The number of rotatable bonds is 4. The van der Waals surface area contributed by atoms with E-state index in [2.05, 4.69) is 10.1 Å². The number of esters is 1. The van der Waals surface area contributed by atoms with Crippen molar-refractivity contribution >= 4 is 28.9 Å². The molecule has 6 heteroatoms. The first-order chi connectivity index (χ1) is 10.0. The molecule has 5 nitrogen and oxygen atoms in total. The van der Waals surface area contributed by atoms with E-state index in [0.29, 0.717) is 21.2 Å². The molecule has 0 aliphatic carbocycles. The first-order valence-electron chi connectivity index (χ1n) is 6.19. The summed E-state index contributed by atoms with van der Waals surface area (Å²) in [7, 11) is 2.85. The molecule has 0 spiro atoms. The Balaban J connectivity index is 2.18. The maximum absolute atomic E-state index is 12.2. The summed E-state index contributed by atoms with van der Waals surface area (Å²) in [6, 6.07) is 8.65. The second kappa shape index (κ2) is 6.41. The lowest BCUT2D eigenvalue weighted by atomic mass is 10.2. The van der Waals surface area contributed by atoms with Crippen LogP contribution < -0.4 is 10.1 Å². The molecule has 0 aliphatic heterocycles. The fraction of sp³-hybridized carbons (Fsp3) is 0.200. The number of methoxy groups -OCH3 is 2. The third kappa shape index (κ3) is 3.41. The molecule has 1 amide bonds. The van der Waals surface area contributed by atoms with Crippen LogP contribution >= 0.6 is 11.3 Å². The van der Waals surface area contributed by atoms with Crippen LogP contribution in [0, 0.1) is 6.92 Å². The lowest BCUT2D eigenvalue weighted by Crippen LogP contribution is -2.11. The Labute approximate surface area is 126 Å². The van der Waals surface area contributed by atoms with Gasteiger partial charge in [-0.3, -0.25) is 4.79 Å². The third-order valence-corrected chi connectivity index (χ3v) is 3.89. The van der Waals surface area contributed by atoms with E-state index in [1.807, 2.05) is 19.1 Å². The second-order valence-corrected chi connectivity index (χ2v) is 5.40. The summed E-state index contributed by atoms with van der Waals surface area (Å²) >= 11 is 1.08. The fourth-order valence-corrected chi connectivity index (χ4v) is 2.58. The van der Waals surface area contributed by atoms with Crippen LogP contribution in [0.2, 0.25) is 0 Å². The molecule has 21 heavy (non-hydrogen) atoms. The van der Waals surface area contributed by atoms with Gasteiger partial charge < -0.3 is 14.8 Å². The number of carbonyl (C=O) groups is 2. The minimum absolute atomic E-state index is 0.294. The molecule has 1 N–H and O–H groups in total. The van der Waals surface area contributed by atoms with Gasteiger partial charge in [-0.1, -0.05) is 6.07 Å². The Kier molecular flexibility index (Phi) is 4.59. The van der Waals surface area contributed by atoms with Crippen LogP contribution in [0.1, 0.15) is 24.9 Å². The van der Waals surface area contributed by atoms with Gasteiger partial charge in [-0.15, -0.1) is 11.3 Å². The monoisotopic (exact) mass is 305 g/mol. The molecule has 0 saturated carbocycles. The highest BCUT2D eigenvalue weighted by Crippen LogP contribution is 2.27. The van der Waals surface area contributed by atoms with Crippen molar-refractivity contribution in [3.63, 3.8) is 0 Å². The van der Waals surface area contributed by atoms with Gasteiger partial charge in [0.25, 0.3) is 5.91 Å². The Bertz CT molecular complexity index is 678. The SMILES string of the molecule is COC(=O)c1ccc(C(=O)Nc2ccc(C)cc2OC)s1. The van der Waals surface area contributed by atoms with Crippen molar-refractivity contribution in [2.75, 3.05) is 19.5 Å². The average Bonchev–Trinajstić information content (AvgIpc) is 2.98. The molecule has 0 saturated heterocycles. The van der Waals surface area contributed by atoms with Crippen molar-refractivity contribution in [3.05, 3.63) is 45.6 Å². The molecular weight excluding hydrogens is 290 g/mol. The van der Waals surface area contributed by atoms with Gasteiger partial charge in [0.15, 0.2) is 0 Å². The third-order valence-electron chi connectivity index (χ3n) is 2.82. The van der Waals surface area contributed by atoms with Crippen LogP contribution in [0.4, 0.5) is 5.69 Å². The molecule has 1 aromatic heterocycles. The van der Waals surface area contributed by atoms with E-state index in [1.165, 1.54) is 7.11 Å². The van der Waals surface area contributed by atoms with Gasteiger partial charge in [0.1, 0.15) is 10.6 Å². The Morgan fingerprint density at radius 3 is 2.48 bits per heavy atom. The van der Waals surface area contributed by atoms with Crippen LogP contribution in [0.3, 0.4) is 0 Å². The number of thiophene rings is 1. The maximum Gasteiger partial charge on any atom is 0.348 e. The Hall–Kier alpha value is -2.34. The van der Waals surface area contributed by atoms with Gasteiger partial charge in [0.2, 0.25) is 0 Å². The van der Waals surface area contributed by atoms with E-state index in [9.17, 15) is 9.59 Å². The number of hydrogen-bond acceptors (Lipinski definition) is 5. The van der Waals surface area contributed by atoms with Gasteiger partial charge in [0, 0.05) is 0 Å². The van der Waals surface area contributed by atoms with E-state index in [1.54, 1.807) is 25.3 Å². The van der Waals surface area contributed by atoms with Gasteiger partial charge in [0.05, 0.1) is 24.8 Å². The summed E-state index contributed by atoms with van der Waals surface area (Å²) in [6.07, 6.45) is 0. The predicted octanol–water partition coefficient (Wildman–Crippen LogP) is 3.10. The highest BCUT2D eigenvalue weighted by molar-refractivity contribution is 7.16. The van der Waals surface area contributed by atoms with E-state index in [4.69, 9.17) is 4.74 Å². The van der Waals surface area contributed by atoms with E-state index < -0.39 is 5.97 Å². The highest BCUT2D eigenvalue weighted by Gasteiger charge is 2.15. The largest absolute Gasteiger partial charge is 0.495 e. The number of nitrogens with one attached hydrogen (secondary N) is 1.